The molecule has 106 valence electrons. The summed E-state index contributed by atoms with van der Waals surface area (Å²) < 4.78 is 0. The zero-order valence-electron chi connectivity index (χ0n) is 12.1. The molecule has 0 bridgehead atoms. The number of nitrogens with zero attached hydrogens (tertiary/aromatic N) is 4. The summed E-state index contributed by atoms with van der Waals surface area (Å²) in [5.41, 5.74) is 9.45. The first-order chi connectivity index (χ1) is 10.1. The van der Waals surface area contributed by atoms with Crippen molar-refractivity contribution in [3.63, 3.8) is 0 Å². The normalized spacial score (nSPS) is 17.7. The van der Waals surface area contributed by atoms with Crippen molar-refractivity contribution in [2.75, 3.05) is 17.8 Å². The highest BCUT2D eigenvalue weighted by atomic mass is 15.5. The lowest BCUT2D eigenvalue weighted by atomic mass is 9.97. The van der Waals surface area contributed by atoms with Crippen molar-refractivity contribution in [3.8, 4) is 0 Å². The number of amidine groups is 1. The third-order valence-electron chi connectivity index (χ3n) is 3.55. The molecule has 0 amide bonds. The molecule has 5 nitrogen and oxygen atoms in total. The van der Waals surface area contributed by atoms with E-state index in [0.717, 1.165) is 11.4 Å². The maximum absolute atomic E-state index is 5.66. The van der Waals surface area contributed by atoms with E-state index in [1.807, 2.05) is 48.5 Å². The van der Waals surface area contributed by atoms with Crippen LogP contribution in [-0.4, -0.2) is 12.9 Å². The van der Waals surface area contributed by atoms with Crippen LogP contribution in [0.2, 0.25) is 0 Å². The van der Waals surface area contributed by atoms with Gasteiger partial charge in [-0.15, -0.1) is 10.2 Å². The van der Waals surface area contributed by atoms with Gasteiger partial charge in [-0.05, 0) is 35.9 Å². The first-order valence-electron chi connectivity index (χ1n) is 6.83. The third-order valence-corrected chi connectivity index (χ3v) is 3.55. The maximum atomic E-state index is 5.66. The molecule has 1 atom stereocenters. The second-order valence-corrected chi connectivity index (χ2v) is 5.05. The lowest BCUT2D eigenvalue weighted by molar-refractivity contribution is 0.875. The van der Waals surface area contributed by atoms with Gasteiger partial charge in [0, 0.05) is 18.7 Å². The third kappa shape index (κ3) is 2.63. The number of azo groups is 1. The lowest BCUT2D eigenvalue weighted by Crippen LogP contribution is -2.23. The van der Waals surface area contributed by atoms with E-state index < -0.39 is 0 Å². The Bertz CT molecular complexity index is 703. The molecule has 0 aliphatic carbocycles. The molecule has 1 aliphatic rings. The van der Waals surface area contributed by atoms with E-state index in [2.05, 4.69) is 34.4 Å². The van der Waals surface area contributed by atoms with Gasteiger partial charge in [-0.1, -0.05) is 25.1 Å². The number of nitrogen functional groups attached to an aromatic ring is 1. The maximum Gasteiger partial charge on any atom is 0.178 e. The molecule has 0 saturated carbocycles. The highest BCUT2D eigenvalue weighted by Gasteiger charge is 2.23. The average Bonchev–Trinajstić information content (AvgIpc) is 2.51. The number of para-hydroxylation sites is 1. The van der Waals surface area contributed by atoms with Gasteiger partial charge in [0.05, 0.1) is 11.4 Å². The number of anilines is 2. The van der Waals surface area contributed by atoms with Crippen LogP contribution in [-0.2, 0) is 0 Å². The summed E-state index contributed by atoms with van der Waals surface area (Å²) in [4.78, 5) is 0. The number of hydrogen-bond acceptors (Lipinski definition) is 5. The Hall–Kier alpha value is -2.69. The van der Waals surface area contributed by atoms with Gasteiger partial charge in [0.15, 0.2) is 5.84 Å². The van der Waals surface area contributed by atoms with E-state index in [-0.39, 0.29) is 5.92 Å². The second-order valence-electron chi connectivity index (χ2n) is 5.05. The van der Waals surface area contributed by atoms with Crippen LogP contribution in [0, 0.1) is 0 Å². The predicted octanol–water partition coefficient (Wildman–Crippen LogP) is 3.92. The van der Waals surface area contributed by atoms with Crippen molar-refractivity contribution in [2.24, 2.45) is 15.3 Å². The van der Waals surface area contributed by atoms with Crippen LogP contribution in [0.3, 0.4) is 0 Å². The van der Waals surface area contributed by atoms with Crippen LogP contribution in [0.25, 0.3) is 0 Å². The minimum absolute atomic E-state index is 0.120. The van der Waals surface area contributed by atoms with Crippen LogP contribution in [0.1, 0.15) is 18.4 Å². The molecule has 2 aromatic carbocycles. The highest BCUT2D eigenvalue weighted by molar-refractivity contribution is 5.93. The Morgan fingerprint density at radius 2 is 1.76 bits per heavy atom. The van der Waals surface area contributed by atoms with Gasteiger partial charge < -0.3 is 5.73 Å². The van der Waals surface area contributed by atoms with Gasteiger partial charge in [0.1, 0.15) is 0 Å². The molecule has 3 rings (SSSR count). The number of rotatable bonds is 1. The SMILES string of the molecule is C[C@@H]1C(N=Nc2ccc(N)cc2)=NN(C)c2ccccc21. The molecule has 0 unspecified atom stereocenters. The summed E-state index contributed by atoms with van der Waals surface area (Å²) in [7, 11) is 1.92. The minimum atomic E-state index is 0.120. The van der Waals surface area contributed by atoms with Gasteiger partial charge in [0.2, 0.25) is 0 Å². The van der Waals surface area contributed by atoms with Gasteiger partial charge >= 0.3 is 0 Å². The summed E-state index contributed by atoms with van der Waals surface area (Å²) in [5.74, 6) is 0.822. The zero-order chi connectivity index (χ0) is 14.8. The molecule has 0 spiro atoms. The van der Waals surface area contributed by atoms with E-state index in [9.17, 15) is 0 Å². The Labute approximate surface area is 123 Å². The van der Waals surface area contributed by atoms with Gasteiger partial charge in [-0.3, -0.25) is 5.01 Å². The van der Waals surface area contributed by atoms with Crippen molar-refractivity contribution in [1.29, 1.82) is 0 Å². The molecule has 21 heavy (non-hydrogen) atoms. The summed E-state index contributed by atoms with van der Waals surface area (Å²) in [6.45, 7) is 2.09. The van der Waals surface area contributed by atoms with E-state index in [1.54, 1.807) is 0 Å². The first kappa shape index (κ1) is 13.3. The number of nitrogens with two attached hydrogens (primary N) is 1. The Morgan fingerprint density at radius 3 is 2.52 bits per heavy atom. The topological polar surface area (TPSA) is 66.3 Å². The predicted molar refractivity (Wildman–Crippen MR) is 86.1 cm³/mol. The Balaban J connectivity index is 1.88. The van der Waals surface area contributed by atoms with Gasteiger partial charge in [-0.25, -0.2) is 0 Å². The fraction of sp³-hybridized carbons (Fsp3) is 0.188. The van der Waals surface area contributed by atoms with E-state index in [4.69, 9.17) is 5.73 Å². The smallest absolute Gasteiger partial charge is 0.178 e. The van der Waals surface area contributed by atoms with Crippen LogP contribution < -0.4 is 10.7 Å². The molecule has 0 radical (unpaired) electrons. The number of benzene rings is 2. The molecule has 2 N–H and O–H groups in total. The summed E-state index contributed by atoms with van der Waals surface area (Å²) in [6.07, 6.45) is 0. The minimum Gasteiger partial charge on any atom is -0.399 e. The van der Waals surface area contributed by atoms with Crippen molar-refractivity contribution >= 4 is 22.9 Å². The van der Waals surface area contributed by atoms with Crippen molar-refractivity contribution < 1.29 is 0 Å². The van der Waals surface area contributed by atoms with Crippen LogP contribution in [0.15, 0.2) is 63.9 Å². The lowest BCUT2D eigenvalue weighted by Gasteiger charge is -2.26. The molecule has 0 aromatic heterocycles. The second kappa shape index (κ2) is 5.36. The zero-order valence-corrected chi connectivity index (χ0v) is 12.1. The van der Waals surface area contributed by atoms with Crippen LogP contribution >= 0.6 is 0 Å². The molecular formula is C16H17N5. The van der Waals surface area contributed by atoms with E-state index >= 15 is 0 Å². The van der Waals surface area contributed by atoms with Crippen LogP contribution in [0.4, 0.5) is 17.1 Å². The molecule has 0 saturated heterocycles. The largest absolute Gasteiger partial charge is 0.399 e. The fourth-order valence-electron chi connectivity index (χ4n) is 2.34. The summed E-state index contributed by atoms with van der Waals surface area (Å²) in [6, 6.07) is 15.5. The van der Waals surface area contributed by atoms with Gasteiger partial charge in [0.25, 0.3) is 0 Å². The van der Waals surface area contributed by atoms with Crippen molar-refractivity contribution in [3.05, 3.63) is 54.1 Å². The average molecular weight is 279 g/mol. The highest BCUT2D eigenvalue weighted by Crippen LogP contribution is 2.33. The number of hydrogen-bond donors (Lipinski definition) is 1. The fourth-order valence-corrected chi connectivity index (χ4v) is 2.34. The molecule has 1 heterocycles. The summed E-state index contributed by atoms with van der Waals surface area (Å²) in [5, 5.41) is 14.9. The molecular weight excluding hydrogens is 262 g/mol. The van der Waals surface area contributed by atoms with Crippen LogP contribution in [0.5, 0.6) is 0 Å². The Kier molecular flexibility index (Phi) is 3.39. The number of fused-ring (bicyclic) bond motifs is 1. The quantitative estimate of drug-likeness (QED) is 0.635. The van der Waals surface area contributed by atoms with Crippen molar-refractivity contribution in [2.45, 2.75) is 12.8 Å². The molecule has 5 heteroatoms. The van der Waals surface area contributed by atoms with E-state index in [1.165, 1.54) is 5.56 Å². The first-order valence-corrected chi connectivity index (χ1v) is 6.83. The van der Waals surface area contributed by atoms with Gasteiger partial charge in [-0.2, -0.15) is 5.10 Å². The van der Waals surface area contributed by atoms with Crippen molar-refractivity contribution in [1.82, 2.24) is 0 Å². The Morgan fingerprint density at radius 1 is 1.05 bits per heavy atom. The molecule has 0 fully saturated rings. The van der Waals surface area contributed by atoms with E-state index in [0.29, 0.717) is 11.5 Å². The molecule has 2 aromatic rings. The summed E-state index contributed by atoms with van der Waals surface area (Å²) >= 11 is 0. The monoisotopic (exact) mass is 279 g/mol. The standard InChI is InChI=1S/C16H17N5/c1-11-14-5-3-4-6-15(14)21(2)20-16(11)19-18-13-9-7-12(17)8-10-13/h3-11H,17H2,1-2H3/t11-/m0/s1. The number of hydrazone groups is 1. The molecule has 1 aliphatic heterocycles.